The Hall–Kier alpha value is -1.06. The molecule has 0 amide bonds. The van der Waals surface area contributed by atoms with E-state index in [1.54, 1.807) is 0 Å². The zero-order valence-corrected chi connectivity index (χ0v) is 12.1. The first-order valence-electron chi connectivity index (χ1n) is 7.46. The number of carboxylic acid groups (broad SMARTS) is 2. The predicted molar refractivity (Wildman–Crippen MR) is 75.2 cm³/mol. The van der Waals surface area contributed by atoms with Crippen molar-refractivity contribution in [1.82, 2.24) is 0 Å². The highest BCUT2D eigenvalue weighted by atomic mass is 16.4. The lowest BCUT2D eigenvalue weighted by Crippen LogP contribution is -2.03. The molecular formula is C15H28O4. The molecule has 0 aliphatic carbocycles. The summed E-state index contributed by atoms with van der Waals surface area (Å²) in [5.41, 5.74) is 0. The van der Waals surface area contributed by atoms with Crippen molar-refractivity contribution in [3.63, 3.8) is 0 Å². The molecule has 19 heavy (non-hydrogen) atoms. The molecule has 0 aliphatic rings. The first-order chi connectivity index (χ1) is 9.02. The number of carbonyl (C=O) groups is 2. The van der Waals surface area contributed by atoms with Gasteiger partial charge in [-0.2, -0.15) is 0 Å². The molecule has 2 N–H and O–H groups in total. The quantitative estimate of drug-likeness (QED) is 0.495. The molecule has 0 aromatic rings. The molecule has 0 heterocycles. The highest BCUT2D eigenvalue weighted by molar-refractivity contribution is 5.67. The molecule has 4 nitrogen and oxygen atoms in total. The summed E-state index contributed by atoms with van der Waals surface area (Å²) in [4.78, 5) is 20.8. The fourth-order valence-electron chi connectivity index (χ4n) is 2.23. The summed E-state index contributed by atoms with van der Waals surface area (Å²) in [5, 5.41) is 17.1. The van der Waals surface area contributed by atoms with E-state index in [1.165, 1.54) is 25.7 Å². The van der Waals surface area contributed by atoms with Gasteiger partial charge in [0.1, 0.15) is 0 Å². The standard InChI is InChI=1S/C15H28O4/c1-13(12-15(18)19)10-8-6-4-2-3-5-7-9-11-14(16)17/h13H,2-12H2,1H3,(H,16,17)(H,18,19). The molecule has 0 saturated heterocycles. The van der Waals surface area contributed by atoms with Gasteiger partial charge in [0.2, 0.25) is 0 Å². The zero-order chi connectivity index (χ0) is 14.5. The van der Waals surface area contributed by atoms with E-state index in [0.29, 0.717) is 6.42 Å². The first-order valence-corrected chi connectivity index (χ1v) is 7.46. The second-order valence-electron chi connectivity index (χ2n) is 5.46. The van der Waals surface area contributed by atoms with Crippen LogP contribution in [0, 0.1) is 5.92 Å². The Kier molecular flexibility index (Phi) is 11.3. The minimum Gasteiger partial charge on any atom is -0.481 e. The van der Waals surface area contributed by atoms with Crippen LogP contribution in [0.2, 0.25) is 0 Å². The summed E-state index contributed by atoms with van der Waals surface area (Å²) in [7, 11) is 0. The summed E-state index contributed by atoms with van der Waals surface area (Å²) in [6.45, 7) is 2.00. The van der Waals surface area contributed by atoms with Gasteiger partial charge < -0.3 is 10.2 Å². The number of rotatable bonds is 13. The Morgan fingerprint density at radius 2 is 1.26 bits per heavy atom. The molecule has 0 radical (unpaired) electrons. The van der Waals surface area contributed by atoms with Crippen LogP contribution < -0.4 is 0 Å². The van der Waals surface area contributed by atoms with E-state index >= 15 is 0 Å². The molecule has 0 aliphatic heterocycles. The van der Waals surface area contributed by atoms with E-state index in [-0.39, 0.29) is 12.3 Å². The molecule has 0 fully saturated rings. The summed E-state index contributed by atoms with van der Waals surface area (Å²) in [5.74, 6) is -1.11. The molecule has 0 spiro atoms. The predicted octanol–water partition coefficient (Wildman–Crippen LogP) is 4.08. The van der Waals surface area contributed by atoms with Crippen molar-refractivity contribution in [1.29, 1.82) is 0 Å². The van der Waals surface area contributed by atoms with Crippen molar-refractivity contribution in [2.45, 2.75) is 77.6 Å². The van der Waals surface area contributed by atoms with E-state index < -0.39 is 11.9 Å². The van der Waals surface area contributed by atoms with Crippen molar-refractivity contribution >= 4 is 11.9 Å². The average Bonchev–Trinajstić information content (AvgIpc) is 2.30. The summed E-state index contributed by atoms with van der Waals surface area (Å²) < 4.78 is 0. The smallest absolute Gasteiger partial charge is 0.303 e. The highest BCUT2D eigenvalue weighted by Gasteiger charge is 2.06. The molecule has 1 unspecified atom stereocenters. The van der Waals surface area contributed by atoms with Gasteiger partial charge in [-0.3, -0.25) is 9.59 Å². The molecule has 0 rings (SSSR count). The third-order valence-corrected chi connectivity index (χ3v) is 3.36. The van der Waals surface area contributed by atoms with Gasteiger partial charge in [-0.1, -0.05) is 58.3 Å². The zero-order valence-electron chi connectivity index (χ0n) is 12.1. The number of hydrogen-bond donors (Lipinski definition) is 2. The number of carboxylic acids is 2. The Balaban J connectivity index is 3.14. The van der Waals surface area contributed by atoms with E-state index in [9.17, 15) is 9.59 Å². The SMILES string of the molecule is CC(CCCCCCCCCCC(=O)O)CC(=O)O. The Morgan fingerprint density at radius 3 is 1.74 bits per heavy atom. The average molecular weight is 272 g/mol. The minimum absolute atomic E-state index is 0.281. The molecule has 0 bridgehead atoms. The second kappa shape index (κ2) is 12.0. The van der Waals surface area contributed by atoms with Crippen molar-refractivity contribution < 1.29 is 19.8 Å². The van der Waals surface area contributed by atoms with Crippen LogP contribution in [-0.4, -0.2) is 22.2 Å². The van der Waals surface area contributed by atoms with Crippen LogP contribution in [0.3, 0.4) is 0 Å². The van der Waals surface area contributed by atoms with Gasteiger partial charge in [0, 0.05) is 12.8 Å². The van der Waals surface area contributed by atoms with Crippen molar-refractivity contribution in [3.8, 4) is 0 Å². The van der Waals surface area contributed by atoms with Gasteiger partial charge in [0.05, 0.1) is 0 Å². The Bertz CT molecular complexity index is 251. The first kappa shape index (κ1) is 17.9. The maximum absolute atomic E-state index is 10.5. The van der Waals surface area contributed by atoms with Gasteiger partial charge >= 0.3 is 11.9 Å². The molecule has 1 atom stereocenters. The lowest BCUT2D eigenvalue weighted by Gasteiger charge is -2.07. The largest absolute Gasteiger partial charge is 0.481 e. The maximum atomic E-state index is 10.5. The number of aliphatic carboxylic acids is 2. The summed E-state index contributed by atoms with van der Waals surface area (Å²) in [6.07, 6.45) is 10.4. The van der Waals surface area contributed by atoms with Gasteiger partial charge in [0.15, 0.2) is 0 Å². The number of hydrogen-bond acceptors (Lipinski definition) is 2. The molecule has 4 heteroatoms. The third-order valence-electron chi connectivity index (χ3n) is 3.36. The molecule has 112 valence electrons. The topological polar surface area (TPSA) is 74.6 Å². The van der Waals surface area contributed by atoms with Crippen LogP contribution in [0.15, 0.2) is 0 Å². The third kappa shape index (κ3) is 14.9. The molecular weight excluding hydrogens is 244 g/mol. The fourth-order valence-corrected chi connectivity index (χ4v) is 2.23. The summed E-state index contributed by atoms with van der Waals surface area (Å²) >= 11 is 0. The number of unbranched alkanes of at least 4 members (excludes halogenated alkanes) is 7. The lowest BCUT2D eigenvalue weighted by molar-refractivity contribution is -0.138. The van der Waals surface area contributed by atoms with Crippen LogP contribution in [0.1, 0.15) is 77.6 Å². The molecule has 0 aromatic carbocycles. The van der Waals surface area contributed by atoms with Gasteiger partial charge in [-0.15, -0.1) is 0 Å². The van der Waals surface area contributed by atoms with Gasteiger partial charge in [-0.25, -0.2) is 0 Å². The van der Waals surface area contributed by atoms with Crippen LogP contribution in [-0.2, 0) is 9.59 Å². The minimum atomic E-state index is -0.700. The Labute approximate surface area is 116 Å². The van der Waals surface area contributed by atoms with Crippen molar-refractivity contribution in [2.75, 3.05) is 0 Å². The second-order valence-corrected chi connectivity index (χ2v) is 5.46. The molecule has 0 saturated carbocycles. The lowest BCUT2D eigenvalue weighted by atomic mass is 9.99. The van der Waals surface area contributed by atoms with E-state index in [4.69, 9.17) is 10.2 Å². The Morgan fingerprint density at radius 1 is 0.789 bits per heavy atom. The van der Waals surface area contributed by atoms with Crippen molar-refractivity contribution in [3.05, 3.63) is 0 Å². The van der Waals surface area contributed by atoms with E-state index in [0.717, 1.165) is 32.1 Å². The van der Waals surface area contributed by atoms with Crippen LogP contribution in [0.4, 0.5) is 0 Å². The van der Waals surface area contributed by atoms with Crippen LogP contribution in [0.25, 0.3) is 0 Å². The van der Waals surface area contributed by atoms with E-state index in [1.807, 2.05) is 6.92 Å². The van der Waals surface area contributed by atoms with Gasteiger partial charge in [-0.05, 0) is 12.3 Å². The van der Waals surface area contributed by atoms with Crippen molar-refractivity contribution in [2.24, 2.45) is 5.92 Å². The highest BCUT2D eigenvalue weighted by Crippen LogP contribution is 2.15. The van der Waals surface area contributed by atoms with Crippen LogP contribution in [0.5, 0.6) is 0 Å². The fraction of sp³-hybridized carbons (Fsp3) is 0.867. The normalized spacial score (nSPS) is 12.3. The summed E-state index contributed by atoms with van der Waals surface area (Å²) in [6, 6.07) is 0. The monoisotopic (exact) mass is 272 g/mol. The van der Waals surface area contributed by atoms with Gasteiger partial charge in [0.25, 0.3) is 0 Å². The van der Waals surface area contributed by atoms with E-state index in [2.05, 4.69) is 0 Å². The molecule has 0 aromatic heterocycles. The van der Waals surface area contributed by atoms with Crippen LogP contribution >= 0.6 is 0 Å². The maximum Gasteiger partial charge on any atom is 0.303 e.